The van der Waals surface area contributed by atoms with Gasteiger partial charge in [-0.05, 0) is 50.8 Å². The highest BCUT2D eigenvalue weighted by Gasteiger charge is 2.01. The highest BCUT2D eigenvalue weighted by molar-refractivity contribution is 5.29. The Morgan fingerprint density at radius 1 is 1.09 bits per heavy atom. The maximum atomic E-state index is 3.16. The van der Waals surface area contributed by atoms with Crippen LogP contribution >= 0.6 is 0 Å². The van der Waals surface area contributed by atoms with Gasteiger partial charge in [-0.1, -0.05) is 19.4 Å². The summed E-state index contributed by atoms with van der Waals surface area (Å²) in [5.74, 6) is 0.651. The van der Waals surface area contributed by atoms with E-state index < -0.39 is 0 Å². The van der Waals surface area contributed by atoms with Crippen molar-refractivity contribution in [1.82, 2.24) is 0 Å². The topological polar surface area (TPSA) is 0 Å². The highest BCUT2D eigenvalue weighted by Crippen LogP contribution is 2.19. The highest BCUT2D eigenvalue weighted by atomic mass is 14.1. The van der Waals surface area contributed by atoms with E-state index in [2.05, 4.69) is 40.7 Å². The van der Waals surface area contributed by atoms with E-state index in [1.807, 2.05) is 6.92 Å². The van der Waals surface area contributed by atoms with Gasteiger partial charge in [0.2, 0.25) is 0 Å². The lowest BCUT2D eigenvalue weighted by Crippen LogP contribution is -1.94. The molecule has 0 aromatic heterocycles. The van der Waals surface area contributed by atoms with Gasteiger partial charge in [0.05, 0.1) is 0 Å². The van der Waals surface area contributed by atoms with Crippen LogP contribution in [0.5, 0.6) is 0 Å². The van der Waals surface area contributed by atoms with Crippen molar-refractivity contribution in [2.24, 2.45) is 5.92 Å². The summed E-state index contributed by atoms with van der Waals surface area (Å²) in [6, 6.07) is 0. The summed E-state index contributed by atoms with van der Waals surface area (Å²) < 4.78 is 0. The minimum Gasteiger partial charge on any atom is -0.0676 e. The van der Waals surface area contributed by atoms with Crippen molar-refractivity contribution >= 4 is 0 Å². The normalized spacial score (nSPS) is 15.4. The molecule has 0 aromatic carbocycles. The molecule has 0 saturated heterocycles. The molecule has 0 aliphatic heterocycles. The first-order valence-corrected chi connectivity index (χ1v) is 4.19. The van der Waals surface area contributed by atoms with Gasteiger partial charge in [0.1, 0.15) is 0 Å². The molecule has 0 unspecified atom stereocenters. The van der Waals surface area contributed by atoms with Crippen molar-refractivity contribution in [3.05, 3.63) is 22.8 Å². The molecule has 0 amide bonds. The third-order valence-corrected chi connectivity index (χ3v) is 2.40. The fraction of sp³-hybridized carbons (Fsp3) is 0.636. The molecule has 63 valence electrons. The Hall–Kier alpha value is -0.520. The van der Waals surface area contributed by atoms with Gasteiger partial charge in [-0.25, -0.2) is 0 Å². The fourth-order valence-corrected chi connectivity index (χ4v) is 0.916. The molecule has 0 heteroatoms. The van der Waals surface area contributed by atoms with Crippen LogP contribution in [0.3, 0.4) is 0 Å². The molecule has 0 aromatic rings. The van der Waals surface area contributed by atoms with Gasteiger partial charge >= 0.3 is 0 Å². The van der Waals surface area contributed by atoms with Crippen LogP contribution in [0.2, 0.25) is 0 Å². The molecule has 0 aliphatic rings. The van der Waals surface area contributed by atoms with E-state index >= 15 is 0 Å². The zero-order valence-corrected chi connectivity index (χ0v) is 8.58. The van der Waals surface area contributed by atoms with Gasteiger partial charge in [0.25, 0.3) is 0 Å². The van der Waals surface area contributed by atoms with Crippen LogP contribution < -0.4 is 0 Å². The predicted octanol–water partition coefficient (Wildman–Crippen LogP) is 3.75. The molecule has 0 aliphatic carbocycles. The Morgan fingerprint density at radius 3 is 1.82 bits per heavy atom. The average molecular weight is 151 g/mol. The molecule has 0 bridgehead atoms. The second-order valence-electron chi connectivity index (χ2n) is 3.34. The predicted molar refractivity (Wildman–Crippen MR) is 51.3 cm³/mol. The first-order chi connectivity index (χ1) is 5.00. The third-order valence-electron chi connectivity index (χ3n) is 2.40. The quantitative estimate of drug-likeness (QED) is 0.527. The van der Waals surface area contributed by atoms with Crippen molar-refractivity contribution in [2.45, 2.75) is 41.5 Å². The van der Waals surface area contributed by atoms with Crippen LogP contribution in [0.25, 0.3) is 0 Å². The molecule has 0 rings (SSSR count). The van der Waals surface area contributed by atoms with Gasteiger partial charge in [-0.2, -0.15) is 0 Å². The standard InChI is InChI=1S/C11H19/c1-7-9(4)11(6)10(5)8(2)3/h8H,1-6H3/b9-7?,11-10+. The van der Waals surface area contributed by atoms with E-state index in [-0.39, 0.29) is 0 Å². The van der Waals surface area contributed by atoms with Gasteiger partial charge in [0.15, 0.2) is 0 Å². The van der Waals surface area contributed by atoms with Crippen molar-refractivity contribution in [2.75, 3.05) is 0 Å². The molecule has 0 spiro atoms. The zero-order chi connectivity index (χ0) is 9.02. The summed E-state index contributed by atoms with van der Waals surface area (Å²) in [7, 11) is 0. The van der Waals surface area contributed by atoms with Gasteiger partial charge < -0.3 is 0 Å². The number of hydrogen-bond acceptors (Lipinski definition) is 0. The fourth-order valence-electron chi connectivity index (χ4n) is 0.916. The Bertz CT molecular complexity index is 180. The van der Waals surface area contributed by atoms with Crippen LogP contribution in [0, 0.1) is 12.0 Å². The number of allylic oxidation sites excluding steroid dienone is 4. The molecule has 0 N–H and O–H groups in total. The van der Waals surface area contributed by atoms with Crippen LogP contribution in [-0.4, -0.2) is 0 Å². The first-order valence-electron chi connectivity index (χ1n) is 4.19. The molecule has 0 saturated carbocycles. The number of rotatable bonds is 2. The first kappa shape index (κ1) is 10.5. The average Bonchev–Trinajstić information content (AvgIpc) is 2.00. The van der Waals surface area contributed by atoms with Gasteiger partial charge in [0, 0.05) is 0 Å². The summed E-state index contributed by atoms with van der Waals surface area (Å²) in [6.07, 6.45) is 3.16. The van der Waals surface area contributed by atoms with Crippen LogP contribution in [-0.2, 0) is 0 Å². The monoisotopic (exact) mass is 151 g/mol. The van der Waals surface area contributed by atoms with Crippen molar-refractivity contribution in [1.29, 1.82) is 0 Å². The summed E-state index contributed by atoms with van der Waals surface area (Å²) >= 11 is 0. The summed E-state index contributed by atoms with van der Waals surface area (Å²) in [6.45, 7) is 12.9. The van der Waals surface area contributed by atoms with E-state index in [1.54, 1.807) is 0 Å². The summed E-state index contributed by atoms with van der Waals surface area (Å²) in [5, 5.41) is 0. The largest absolute Gasteiger partial charge is 0.0676 e. The molecule has 0 nitrogen and oxygen atoms in total. The van der Waals surface area contributed by atoms with E-state index in [9.17, 15) is 0 Å². The Kier molecular flexibility index (Phi) is 4.17. The van der Waals surface area contributed by atoms with E-state index in [0.717, 1.165) is 0 Å². The summed E-state index contributed by atoms with van der Waals surface area (Å²) in [5.41, 5.74) is 4.13. The smallest absolute Gasteiger partial charge is 0.0257 e. The van der Waals surface area contributed by atoms with Crippen molar-refractivity contribution in [3.8, 4) is 0 Å². The molecule has 0 atom stereocenters. The maximum absolute atomic E-state index is 3.16. The second kappa shape index (κ2) is 4.38. The minimum absolute atomic E-state index is 0.651. The van der Waals surface area contributed by atoms with Crippen LogP contribution in [0.15, 0.2) is 16.7 Å². The second-order valence-corrected chi connectivity index (χ2v) is 3.34. The minimum atomic E-state index is 0.651. The zero-order valence-electron chi connectivity index (χ0n) is 8.58. The van der Waals surface area contributed by atoms with Crippen molar-refractivity contribution in [3.63, 3.8) is 0 Å². The third kappa shape index (κ3) is 2.92. The molecular weight excluding hydrogens is 132 g/mol. The Morgan fingerprint density at radius 2 is 1.55 bits per heavy atom. The van der Waals surface area contributed by atoms with Crippen molar-refractivity contribution < 1.29 is 0 Å². The van der Waals surface area contributed by atoms with Crippen LogP contribution in [0.4, 0.5) is 0 Å². The van der Waals surface area contributed by atoms with Gasteiger partial charge in [-0.15, -0.1) is 0 Å². The SMILES string of the molecule is C/[C]=C(C)\C(C)=C(/C)C(C)C. The van der Waals surface area contributed by atoms with Gasteiger partial charge in [-0.3, -0.25) is 0 Å². The lowest BCUT2D eigenvalue weighted by molar-refractivity contribution is 0.758. The molecule has 1 radical (unpaired) electrons. The maximum Gasteiger partial charge on any atom is -0.0257 e. The Labute approximate surface area is 71.0 Å². The van der Waals surface area contributed by atoms with E-state index in [4.69, 9.17) is 0 Å². The molecule has 11 heavy (non-hydrogen) atoms. The lowest BCUT2D eigenvalue weighted by atomic mass is 9.96. The molecule has 0 heterocycles. The Balaban J connectivity index is 4.67. The van der Waals surface area contributed by atoms with E-state index in [0.29, 0.717) is 5.92 Å². The van der Waals surface area contributed by atoms with Crippen LogP contribution in [0.1, 0.15) is 41.5 Å². The molecular formula is C11H19. The molecule has 0 fully saturated rings. The summed E-state index contributed by atoms with van der Waals surface area (Å²) in [4.78, 5) is 0. The number of hydrogen-bond donors (Lipinski definition) is 0. The lowest BCUT2D eigenvalue weighted by Gasteiger charge is -2.10. The van der Waals surface area contributed by atoms with E-state index in [1.165, 1.54) is 16.7 Å².